The maximum absolute atomic E-state index is 13.5. The number of amides is 1. The van der Waals surface area contributed by atoms with Gasteiger partial charge in [-0.25, -0.2) is 4.39 Å². The molecule has 1 aromatic carbocycles. The van der Waals surface area contributed by atoms with Crippen molar-refractivity contribution in [1.29, 1.82) is 0 Å². The van der Waals surface area contributed by atoms with Crippen LogP contribution in [0.4, 0.5) is 4.39 Å². The van der Waals surface area contributed by atoms with Gasteiger partial charge >= 0.3 is 0 Å². The van der Waals surface area contributed by atoms with E-state index in [2.05, 4.69) is 21.2 Å². The molecular weight excluding hydrogens is 317 g/mol. The van der Waals surface area contributed by atoms with Crippen LogP contribution < -0.4 is 5.32 Å². The first kappa shape index (κ1) is 13.9. The highest BCUT2D eigenvalue weighted by Crippen LogP contribution is 2.25. The molecule has 1 heterocycles. The van der Waals surface area contributed by atoms with Crippen molar-refractivity contribution in [2.24, 2.45) is 0 Å². The Kier molecular flexibility index (Phi) is 5.06. The molecule has 1 aliphatic rings. The SMILES string of the molecule is O=C(NCc1cc(Br)ccc1F)C1CCCCS1. The number of hydrogen-bond acceptors (Lipinski definition) is 2. The lowest BCUT2D eigenvalue weighted by atomic mass is 10.1. The van der Waals surface area contributed by atoms with E-state index >= 15 is 0 Å². The van der Waals surface area contributed by atoms with Gasteiger partial charge in [0.1, 0.15) is 5.82 Å². The summed E-state index contributed by atoms with van der Waals surface area (Å²) in [5.74, 6) is 0.789. The van der Waals surface area contributed by atoms with Crippen LogP contribution >= 0.6 is 27.7 Å². The topological polar surface area (TPSA) is 29.1 Å². The van der Waals surface area contributed by atoms with Gasteiger partial charge < -0.3 is 5.32 Å². The molecule has 1 aliphatic heterocycles. The Morgan fingerprint density at radius 1 is 1.50 bits per heavy atom. The molecule has 1 N–H and O–H groups in total. The van der Waals surface area contributed by atoms with Crippen LogP contribution in [0.25, 0.3) is 0 Å². The Hall–Kier alpha value is -0.550. The first-order valence-corrected chi connectivity index (χ1v) is 7.84. The normalized spacial score (nSPS) is 19.6. The summed E-state index contributed by atoms with van der Waals surface area (Å²) in [4.78, 5) is 11.9. The van der Waals surface area contributed by atoms with Crippen molar-refractivity contribution >= 4 is 33.6 Å². The summed E-state index contributed by atoms with van der Waals surface area (Å²) in [5.41, 5.74) is 0.513. The summed E-state index contributed by atoms with van der Waals surface area (Å²) in [6.45, 7) is 0.251. The number of halogens is 2. The number of thioether (sulfide) groups is 1. The summed E-state index contributed by atoms with van der Waals surface area (Å²) in [6, 6.07) is 4.75. The molecule has 0 saturated carbocycles. The van der Waals surface area contributed by atoms with E-state index in [1.165, 1.54) is 12.5 Å². The van der Waals surface area contributed by atoms with Crippen LogP contribution in [0, 0.1) is 5.82 Å². The third-order valence-electron chi connectivity index (χ3n) is 2.93. The Bertz CT molecular complexity index is 435. The maximum Gasteiger partial charge on any atom is 0.233 e. The highest BCUT2D eigenvalue weighted by atomic mass is 79.9. The van der Waals surface area contributed by atoms with Gasteiger partial charge in [-0.3, -0.25) is 4.79 Å². The highest BCUT2D eigenvalue weighted by Gasteiger charge is 2.21. The largest absolute Gasteiger partial charge is 0.351 e. The Labute approximate surface area is 119 Å². The standard InChI is InChI=1S/C13H15BrFNOS/c14-10-4-5-11(15)9(7-10)8-16-13(17)12-3-1-2-6-18-12/h4-5,7,12H,1-3,6,8H2,(H,16,17). The third kappa shape index (κ3) is 3.72. The lowest BCUT2D eigenvalue weighted by Gasteiger charge is -2.20. The molecule has 18 heavy (non-hydrogen) atoms. The van der Waals surface area contributed by atoms with Gasteiger partial charge in [0, 0.05) is 16.6 Å². The lowest BCUT2D eigenvalue weighted by Crippen LogP contribution is -2.33. The van der Waals surface area contributed by atoms with Gasteiger partial charge in [-0.15, -0.1) is 11.8 Å². The lowest BCUT2D eigenvalue weighted by molar-refractivity contribution is -0.120. The van der Waals surface area contributed by atoms with Crippen molar-refractivity contribution in [2.45, 2.75) is 31.1 Å². The minimum absolute atomic E-state index is 0.0269. The second-order valence-electron chi connectivity index (χ2n) is 4.31. The summed E-state index contributed by atoms with van der Waals surface area (Å²) in [6.07, 6.45) is 3.22. The predicted octanol–water partition coefficient (Wildman–Crippen LogP) is 3.49. The molecule has 2 nitrogen and oxygen atoms in total. The van der Waals surface area contributed by atoms with Gasteiger partial charge in [0.15, 0.2) is 0 Å². The zero-order valence-corrected chi connectivity index (χ0v) is 12.3. The molecular formula is C13H15BrFNOS. The zero-order chi connectivity index (χ0) is 13.0. The van der Waals surface area contributed by atoms with E-state index in [9.17, 15) is 9.18 Å². The average molecular weight is 332 g/mol. The third-order valence-corrected chi connectivity index (χ3v) is 4.80. The molecule has 1 unspecified atom stereocenters. The molecule has 5 heteroatoms. The second-order valence-corrected chi connectivity index (χ2v) is 6.54. The molecule has 1 fully saturated rings. The van der Waals surface area contributed by atoms with E-state index in [0.29, 0.717) is 5.56 Å². The fourth-order valence-electron chi connectivity index (χ4n) is 1.92. The molecule has 0 bridgehead atoms. The fraction of sp³-hybridized carbons (Fsp3) is 0.462. The molecule has 1 saturated heterocycles. The van der Waals surface area contributed by atoms with Crippen LogP contribution in [0.3, 0.4) is 0 Å². The highest BCUT2D eigenvalue weighted by molar-refractivity contribution is 9.10. The fourth-order valence-corrected chi connectivity index (χ4v) is 3.55. The minimum Gasteiger partial charge on any atom is -0.351 e. The van der Waals surface area contributed by atoms with Crippen molar-refractivity contribution < 1.29 is 9.18 Å². The van der Waals surface area contributed by atoms with Crippen LogP contribution in [0.1, 0.15) is 24.8 Å². The van der Waals surface area contributed by atoms with Gasteiger partial charge in [0.25, 0.3) is 0 Å². The van der Waals surface area contributed by atoms with Gasteiger partial charge in [-0.2, -0.15) is 0 Å². The molecule has 1 amide bonds. The molecule has 0 aromatic heterocycles. The number of carbonyl (C=O) groups is 1. The van der Waals surface area contributed by atoms with Gasteiger partial charge in [0.2, 0.25) is 5.91 Å². The number of hydrogen-bond donors (Lipinski definition) is 1. The minimum atomic E-state index is -0.283. The summed E-state index contributed by atoms with van der Waals surface area (Å²) >= 11 is 5.00. The molecule has 0 radical (unpaired) electrons. The van der Waals surface area contributed by atoms with Crippen LogP contribution in [0.2, 0.25) is 0 Å². The van der Waals surface area contributed by atoms with E-state index < -0.39 is 0 Å². The Morgan fingerprint density at radius 3 is 3.06 bits per heavy atom. The Morgan fingerprint density at radius 2 is 2.33 bits per heavy atom. The first-order valence-electron chi connectivity index (χ1n) is 6.00. The van der Waals surface area contributed by atoms with Gasteiger partial charge in [-0.05, 0) is 36.8 Å². The zero-order valence-electron chi connectivity index (χ0n) is 9.92. The summed E-state index contributed by atoms with van der Waals surface area (Å²) < 4.78 is 14.3. The monoisotopic (exact) mass is 331 g/mol. The molecule has 0 spiro atoms. The van der Waals surface area contributed by atoms with E-state index in [0.717, 1.165) is 23.1 Å². The molecule has 98 valence electrons. The van der Waals surface area contributed by atoms with Crippen LogP contribution in [0.15, 0.2) is 22.7 Å². The predicted molar refractivity (Wildman–Crippen MR) is 76.0 cm³/mol. The van der Waals surface area contributed by atoms with Crippen LogP contribution in [0.5, 0.6) is 0 Å². The number of nitrogens with one attached hydrogen (secondary N) is 1. The number of rotatable bonds is 3. The van der Waals surface area contributed by atoms with Gasteiger partial charge in [0.05, 0.1) is 5.25 Å². The van der Waals surface area contributed by atoms with Crippen molar-refractivity contribution in [2.75, 3.05) is 5.75 Å². The van der Waals surface area contributed by atoms with E-state index in [-0.39, 0.29) is 23.5 Å². The smallest absolute Gasteiger partial charge is 0.233 e. The Balaban J connectivity index is 1.90. The quantitative estimate of drug-likeness (QED) is 0.918. The number of benzene rings is 1. The summed E-state index contributed by atoms with van der Waals surface area (Å²) in [5, 5.41) is 2.85. The van der Waals surface area contributed by atoms with Gasteiger partial charge in [-0.1, -0.05) is 22.4 Å². The van der Waals surface area contributed by atoms with Crippen molar-refractivity contribution in [3.05, 3.63) is 34.1 Å². The molecule has 2 rings (SSSR count). The summed E-state index contributed by atoms with van der Waals surface area (Å²) in [7, 11) is 0. The second kappa shape index (κ2) is 6.57. The van der Waals surface area contributed by atoms with Crippen molar-refractivity contribution in [1.82, 2.24) is 5.32 Å². The van der Waals surface area contributed by atoms with Crippen molar-refractivity contribution in [3.8, 4) is 0 Å². The van der Waals surface area contributed by atoms with Crippen LogP contribution in [-0.2, 0) is 11.3 Å². The average Bonchev–Trinajstić information content (AvgIpc) is 2.40. The van der Waals surface area contributed by atoms with Crippen molar-refractivity contribution in [3.63, 3.8) is 0 Å². The van der Waals surface area contributed by atoms with E-state index in [1.807, 2.05) is 0 Å². The maximum atomic E-state index is 13.5. The molecule has 1 atom stereocenters. The molecule has 0 aliphatic carbocycles. The van der Waals surface area contributed by atoms with Crippen LogP contribution in [-0.4, -0.2) is 16.9 Å². The first-order chi connectivity index (χ1) is 8.66. The molecule has 1 aromatic rings. The van der Waals surface area contributed by atoms with E-state index in [4.69, 9.17) is 0 Å². The van der Waals surface area contributed by atoms with E-state index in [1.54, 1.807) is 23.9 Å². The number of carbonyl (C=O) groups excluding carboxylic acids is 1.